The van der Waals surface area contributed by atoms with Gasteiger partial charge in [0.1, 0.15) is 0 Å². The van der Waals surface area contributed by atoms with Crippen LogP contribution in [0.5, 0.6) is 0 Å². The Balaban J connectivity index is 2.14. The number of amides is 1. The Labute approximate surface area is 122 Å². The molecule has 1 aromatic rings. The molecule has 0 saturated carbocycles. The maximum Gasteiger partial charge on any atom is 0.269 e. The van der Waals surface area contributed by atoms with Crippen molar-refractivity contribution >= 4 is 23.2 Å². The first-order valence-electron chi connectivity index (χ1n) is 6.36. The molecular weight excluding hydrogens is 282 g/mol. The largest absolute Gasteiger partial charge is 0.345 e. The highest BCUT2D eigenvalue weighted by atomic mass is 35.5. The minimum atomic E-state index is -0.443. The van der Waals surface area contributed by atoms with E-state index in [9.17, 15) is 14.9 Å². The molecule has 0 radical (unpaired) electrons. The zero-order chi connectivity index (χ0) is 14.7. The molecule has 2 rings (SSSR count). The van der Waals surface area contributed by atoms with E-state index in [4.69, 9.17) is 11.6 Å². The molecule has 1 aromatic carbocycles. The average Bonchev–Trinajstić information content (AvgIpc) is 2.54. The van der Waals surface area contributed by atoms with E-state index in [1.165, 1.54) is 18.2 Å². The fraction of sp³-hybridized carbons (Fsp3) is 0.462. The quantitative estimate of drug-likeness (QED) is 0.631. The molecule has 108 valence electrons. The zero-order valence-corrected chi connectivity index (χ0v) is 12.0. The van der Waals surface area contributed by atoms with Gasteiger partial charge in [-0.25, -0.2) is 0 Å². The second-order valence-corrected chi connectivity index (χ2v) is 5.32. The lowest BCUT2D eigenvalue weighted by atomic mass is 10.2. The molecule has 0 N–H and O–H groups in total. The van der Waals surface area contributed by atoms with E-state index in [1.807, 2.05) is 4.90 Å². The fourth-order valence-corrected chi connectivity index (χ4v) is 2.40. The van der Waals surface area contributed by atoms with Gasteiger partial charge in [0.25, 0.3) is 5.69 Å². The normalized spacial score (nSPS) is 17.1. The number of benzene rings is 1. The Morgan fingerprint density at radius 3 is 2.85 bits per heavy atom. The van der Waals surface area contributed by atoms with Gasteiger partial charge in [0.05, 0.1) is 11.5 Å². The van der Waals surface area contributed by atoms with E-state index in [1.54, 1.807) is 11.9 Å². The summed E-state index contributed by atoms with van der Waals surface area (Å²) in [5, 5.41) is 11.3. The highest BCUT2D eigenvalue weighted by Crippen LogP contribution is 2.23. The lowest BCUT2D eigenvalue weighted by molar-refractivity contribution is -0.384. The molecule has 1 aliphatic heterocycles. The van der Waals surface area contributed by atoms with Gasteiger partial charge < -0.3 is 4.90 Å². The van der Waals surface area contributed by atoms with Crippen LogP contribution >= 0.6 is 11.6 Å². The van der Waals surface area contributed by atoms with E-state index in [0.717, 1.165) is 19.5 Å². The topological polar surface area (TPSA) is 66.7 Å². The Bertz CT molecular complexity index is 536. The Hall–Kier alpha value is -1.66. The van der Waals surface area contributed by atoms with Gasteiger partial charge in [-0.1, -0.05) is 11.6 Å². The fourth-order valence-electron chi connectivity index (χ4n) is 2.22. The number of hydrogen-bond acceptors (Lipinski definition) is 4. The standard InChI is InChI=1S/C13H16ClN3O3/c1-15-5-2-6-16(9-13(15)18)8-10-7-11(17(19)20)3-4-12(10)14/h3-4,7H,2,5-6,8-9H2,1H3. The van der Waals surface area contributed by atoms with Gasteiger partial charge in [0.2, 0.25) is 5.91 Å². The summed E-state index contributed by atoms with van der Waals surface area (Å²) in [4.78, 5) is 25.8. The molecule has 0 bridgehead atoms. The third-order valence-electron chi connectivity index (χ3n) is 3.39. The molecule has 0 spiro atoms. The van der Waals surface area contributed by atoms with Crippen molar-refractivity contribution in [2.24, 2.45) is 0 Å². The summed E-state index contributed by atoms with van der Waals surface area (Å²) in [5.41, 5.74) is 0.695. The highest BCUT2D eigenvalue weighted by molar-refractivity contribution is 6.31. The van der Waals surface area contributed by atoms with Crippen molar-refractivity contribution in [2.45, 2.75) is 13.0 Å². The number of rotatable bonds is 3. The molecule has 6 nitrogen and oxygen atoms in total. The Morgan fingerprint density at radius 2 is 2.15 bits per heavy atom. The van der Waals surface area contributed by atoms with Crippen molar-refractivity contribution in [3.63, 3.8) is 0 Å². The van der Waals surface area contributed by atoms with E-state index < -0.39 is 4.92 Å². The summed E-state index contributed by atoms with van der Waals surface area (Å²) >= 11 is 6.08. The first-order valence-corrected chi connectivity index (χ1v) is 6.74. The third kappa shape index (κ3) is 3.46. The van der Waals surface area contributed by atoms with Gasteiger partial charge in [0, 0.05) is 43.8 Å². The van der Waals surface area contributed by atoms with Crippen molar-refractivity contribution in [1.82, 2.24) is 9.80 Å². The molecule has 0 atom stereocenters. The third-order valence-corrected chi connectivity index (χ3v) is 3.76. The number of nitro groups is 1. The van der Waals surface area contributed by atoms with Gasteiger partial charge >= 0.3 is 0 Å². The van der Waals surface area contributed by atoms with Crippen LogP contribution in [0.1, 0.15) is 12.0 Å². The number of carbonyl (C=O) groups excluding carboxylic acids is 1. The van der Waals surface area contributed by atoms with Gasteiger partial charge in [-0.05, 0) is 18.1 Å². The van der Waals surface area contributed by atoms with E-state index >= 15 is 0 Å². The van der Waals surface area contributed by atoms with Crippen LogP contribution < -0.4 is 0 Å². The van der Waals surface area contributed by atoms with Crippen molar-refractivity contribution in [2.75, 3.05) is 26.7 Å². The van der Waals surface area contributed by atoms with Crippen molar-refractivity contribution in [3.8, 4) is 0 Å². The molecule has 0 unspecified atom stereocenters. The van der Waals surface area contributed by atoms with Crippen molar-refractivity contribution in [3.05, 3.63) is 38.9 Å². The van der Waals surface area contributed by atoms with Gasteiger partial charge in [-0.15, -0.1) is 0 Å². The molecular formula is C13H16ClN3O3. The number of carbonyl (C=O) groups is 1. The zero-order valence-electron chi connectivity index (χ0n) is 11.2. The van der Waals surface area contributed by atoms with Crippen LogP contribution in [0.15, 0.2) is 18.2 Å². The van der Waals surface area contributed by atoms with E-state index in [-0.39, 0.29) is 11.6 Å². The second-order valence-electron chi connectivity index (χ2n) is 4.91. The minimum absolute atomic E-state index is 0.0164. The molecule has 1 amide bonds. The Kier molecular flexibility index (Phi) is 4.57. The van der Waals surface area contributed by atoms with E-state index in [2.05, 4.69) is 0 Å². The number of non-ortho nitro benzene ring substituents is 1. The predicted octanol–water partition coefficient (Wildman–Crippen LogP) is 1.91. The Morgan fingerprint density at radius 1 is 1.40 bits per heavy atom. The summed E-state index contributed by atoms with van der Waals surface area (Å²) in [6, 6.07) is 4.38. The highest BCUT2D eigenvalue weighted by Gasteiger charge is 2.20. The maximum atomic E-state index is 11.8. The molecule has 1 fully saturated rings. The smallest absolute Gasteiger partial charge is 0.269 e. The minimum Gasteiger partial charge on any atom is -0.345 e. The number of hydrogen-bond donors (Lipinski definition) is 0. The summed E-state index contributed by atoms with van der Waals surface area (Å²) in [6.45, 7) is 2.27. The predicted molar refractivity (Wildman–Crippen MR) is 75.6 cm³/mol. The molecule has 1 saturated heterocycles. The van der Waals surface area contributed by atoms with Crippen LogP contribution in [0.2, 0.25) is 5.02 Å². The van der Waals surface area contributed by atoms with Crippen LogP contribution in [0.4, 0.5) is 5.69 Å². The van der Waals surface area contributed by atoms with E-state index in [0.29, 0.717) is 23.7 Å². The summed E-state index contributed by atoms with van der Waals surface area (Å²) in [6.07, 6.45) is 0.884. The summed E-state index contributed by atoms with van der Waals surface area (Å²) in [7, 11) is 1.78. The molecule has 1 aliphatic rings. The van der Waals surface area contributed by atoms with Crippen molar-refractivity contribution < 1.29 is 9.72 Å². The first-order chi connectivity index (χ1) is 9.47. The first kappa shape index (κ1) is 14.7. The maximum absolute atomic E-state index is 11.8. The summed E-state index contributed by atoms with van der Waals surface area (Å²) < 4.78 is 0. The lowest BCUT2D eigenvalue weighted by Gasteiger charge is -2.19. The van der Waals surface area contributed by atoms with Crippen LogP contribution in [0, 0.1) is 10.1 Å². The van der Waals surface area contributed by atoms with Gasteiger partial charge in [-0.3, -0.25) is 19.8 Å². The molecule has 20 heavy (non-hydrogen) atoms. The number of halogens is 1. The van der Waals surface area contributed by atoms with Crippen LogP contribution in [0.3, 0.4) is 0 Å². The number of nitro benzene ring substituents is 1. The lowest BCUT2D eigenvalue weighted by Crippen LogP contribution is -2.34. The molecule has 0 aliphatic carbocycles. The molecule has 1 heterocycles. The second kappa shape index (κ2) is 6.19. The van der Waals surface area contributed by atoms with Crippen molar-refractivity contribution in [1.29, 1.82) is 0 Å². The van der Waals surface area contributed by atoms with Gasteiger partial charge in [0.15, 0.2) is 0 Å². The van der Waals surface area contributed by atoms with Gasteiger partial charge in [-0.2, -0.15) is 0 Å². The van der Waals surface area contributed by atoms with Crippen LogP contribution in [-0.4, -0.2) is 47.3 Å². The molecule has 7 heteroatoms. The molecule has 0 aromatic heterocycles. The van der Waals surface area contributed by atoms with Crippen LogP contribution in [-0.2, 0) is 11.3 Å². The average molecular weight is 298 g/mol. The monoisotopic (exact) mass is 297 g/mol. The van der Waals surface area contributed by atoms with Crippen LogP contribution in [0.25, 0.3) is 0 Å². The summed E-state index contributed by atoms with van der Waals surface area (Å²) in [5.74, 6) is 0.0593. The SMILES string of the molecule is CN1CCCN(Cc2cc([N+](=O)[O-])ccc2Cl)CC1=O. The number of nitrogens with zero attached hydrogens (tertiary/aromatic N) is 3. The number of likely N-dealkylation sites (N-methyl/N-ethyl adjacent to an activating group) is 1.